The van der Waals surface area contributed by atoms with Gasteiger partial charge < -0.3 is 4.90 Å². The van der Waals surface area contributed by atoms with Gasteiger partial charge in [0.25, 0.3) is 5.91 Å². The monoisotopic (exact) mass is 303 g/mol. The van der Waals surface area contributed by atoms with Crippen LogP contribution < -0.4 is 4.90 Å². The third kappa shape index (κ3) is 2.89. The number of carbonyl (C=O) groups is 3. The van der Waals surface area contributed by atoms with Crippen molar-refractivity contribution in [2.24, 2.45) is 0 Å². The van der Waals surface area contributed by atoms with E-state index in [-0.39, 0.29) is 11.4 Å². The van der Waals surface area contributed by atoms with Crippen LogP contribution in [-0.2, 0) is 14.4 Å². The van der Waals surface area contributed by atoms with Crippen LogP contribution in [0.5, 0.6) is 0 Å². The van der Waals surface area contributed by atoms with Gasteiger partial charge in [-0.15, -0.1) is 5.73 Å². The molecule has 0 aromatic heterocycles. The van der Waals surface area contributed by atoms with Gasteiger partial charge in [-0.25, -0.2) is 0 Å². The van der Waals surface area contributed by atoms with Gasteiger partial charge in [0.15, 0.2) is 11.6 Å². The van der Waals surface area contributed by atoms with Crippen LogP contribution in [0.3, 0.4) is 0 Å². The molecule has 4 heteroatoms. The predicted molar refractivity (Wildman–Crippen MR) is 87.7 cm³/mol. The smallest absolute Gasteiger partial charge is 0.262 e. The highest BCUT2D eigenvalue weighted by Crippen LogP contribution is 2.22. The van der Waals surface area contributed by atoms with Crippen LogP contribution in [0, 0.1) is 0 Å². The number of rotatable bonds is 3. The molecule has 0 radical (unpaired) electrons. The van der Waals surface area contributed by atoms with Crippen LogP contribution in [-0.4, -0.2) is 24.5 Å². The number of amides is 1. The highest BCUT2D eigenvalue weighted by molar-refractivity contribution is 6.32. The van der Waals surface area contributed by atoms with E-state index in [1.807, 2.05) is 30.4 Å². The van der Waals surface area contributed by atoms with Gasteiger partial charge in [0.05, 0.1) is 5.57 Å². The maximum atomic E-state index is 12.4. The molecule has 23 heavy (non-hydrogen) atoms. The van der Waals surface area contributed by atoms with Crippen molar-refractivity contribution in [1.29, 1.82) is 0 Å². The molecule has 2 aliphatic rings. The molecule has 1 aromatic rings. The number of ketones is 2. The molecule has 4 nitrogen and oxygen atoms in total. The molecule has 1 amide bonds. The first-order valence-electron chi connectivity index (χ1n) is 7.06. The second-order valence-corrected chi connectivity index (χ2v) is 5.15. The van der Waals surface area contributed by atoms with Crippen molar-refractivity contribution < 1.29 is 14.4 Å². The average molecular weight is 303 g/mol. The summed E-state index contributed by atoms with van der Waals surface area (Å²) in [7, 11) is 1.57. The summed E-state index contributed by atoms with van der Waals surface area (Å²) in [5, 5.41) is 0. The lowest BCUT2D eigenvalue weighted by Crippen LogP contribution is -2.31. The lowest BCUT2D eigenvalue weighted by Gasteiger charge is -2.19. The minimum atomic E-state index is -0.500. The van der Waals surface area contributed by atoms with Gasteiger partial charge in [-0.3, -0.25) is 14.4 Å². The first-order chi connectivity index (χ1) is 11.1. The third-order valence-electron chi connectivity index (χ3n) is 3.65. The molecule has 3 rings (SSSR count). The highest BCUT2D eigenvalue weighted by Gasteiger charge is 2.24. The van der Waals surface area contributed by atoms with Crippen molar-refractivity contribution in [2.75, 3.05) is 11.9 Å². The van der Waals surface area contributed by atoms with Crippen LogP contribution in [0.2, 0.25) is 0 Å². The van der Waals surface area contributed by atoms with Crippen molar-refractivity contribution in [3.63, 3.8) is 0 Å². The molecular formula is C19H13NO3. The largest absolute Gasteiger partial charge is 0.311 e. The van der Waals surface area contributed by atoms with Gasteiger partial charge in [-0.1, -0.05) is 18.2 Å². The van der Waals surface area contributed by atoms with Crippen LogP contribution in [0.1, 0.15) is 5.56 Å². The number of hydrogen-bond acceptors (Lipinski definition) is 3. The second-order valence-electron chi connectivity index (χ2n) is 5.15. The molecule has 0 unspecified atom stereocenters. The number of nitrogens with zero attached hydrogens (tertiary/aromatic N) is 1. The zero-order valence-corrected chi connectivity index (χ0v) is 12.4. The molecule has 0 fully saturated rings. The number of carbonyl (C=O) groups excluding carboxylic acids is 3. The number of likely N-dealkylation sites (N-methyl/N-ethyl adjacent to an activating group) is 1. The average Bonchev–Trinajstić information content (AvgIpc) is 3.10. The van der Waals surface area contributed by atoms with Crippen LogP contribution in [0.15, 0.2) is 72.0 Å². The van der Waals surface area contributed by atoms with Gasteiger partial charge in [-0.2, -0.15) is 0 Å². The van der Waals surface area contributed by atoms with E-state index in [2.05, 4.69) is 5.73 Å². The Kier molecular flexibility index (Phi) is 3.75. The fourth-order valence-corrected chi connectivity index (χ4v) is 2.35. The molecule has 0 spiro atoms. The molecule has 0 bridgehead atoms. The van der Waals surface area contributed by atoms with E-state index in [9.17, 15) is 14.4 Å². The summed E-state index contributed by atoms with van der Waals surface area (Å²) in [4.78, 5) is 36.9. The number of anilines is 1. The Bertz CT molecular complexity index is 860. The maximum Gasteiger partial charge on any atom is 0.262 e. The standard InChI is InChI=1S/C19H13NO3/c1-20(19(23)17-12-16(21)10-11-18(17)22)15-8-6-14(7-9-15)13-4-2-3-5-13/h2-4,6-12H,1H3. The van der Waals surface area contributed by atoms with Gasteiger partial charge in [0, 0.05) is 24.4 Å². The lowest BCUT2D eigenvalue weighted by molar-refractivity contribution is -0.120. The molecule has 0 N–H and O–H groups in total. The van der Waals surface area contributed by atoms with Crippen LogP contribution >= 0.6 is 0 Å². The summed E-state index contributed by atoms with van der Waals surface area (Å²) in [6.45, 7) is 0. The minimum absolute atomic E-state index is 0.117. The van der Waals surface area contributed by atoms with Gasteiger partial charge in [0.2, 0.25) is 0 Å². The molecular weight excluding hydrogens is 290 g/mol. The fraction of sp³-hybridized carbons (Fsp3) is 0.0526. The van der Waals surface area contributed by atoms with Gasteiger partial charge >= 0.3 is 0 Å². The third-order valence-corrected chi connectivity index (χ3v) is 3.65. The Balaban J connectivity index is 1.83. The summed E-state index contributed by atoms with van der Waals surface area (Å²) in [6, 6.07) is 7.35. The van der Waals surface area contributed by atoms with Crippen LogP contribution in [0.4, 0.5) is 5.69 Å². The molecule has 0 saturated carbocycles. The SMILES string of the molecule is CN(C(=O)C1=CC(=O)C=CC1=O)c1ccc(C2=C=CC=C2)cc1. The molecule has 112 valence electrons. The predicted octanol–water partition coefficient (Wildman–Crippen LogP) is 2.39. The first kappa shape index (κ1) is 14.7. The van der Waals surface area contributed by atoms with E-state index < -0.39 is 11.7 Å². The summed E-state index contributed by atoms with van der Waals surface area (Å²) in [5.74, 6) is -1.31. The van der Waals surface area contributed by atoms with Crippen molar-refractivity contribution in [3.8, 4) is 0 Å². The number of hydrogen-bond donors (Lipinski definition) is 0. The Morgan fingerprint density at radius 1 is 1.04 bits per heavy atom. The van der Waals surface area contributed by atoms with Gasteiger partial charge in [-0.05, 0) is 42.0 Å². The van der Waals surface area contributed by atoms with Crippen molar-refractivity contribution in [2.45, 2.75) is 0 Å². The van der Waals surface area contributed by atoms with E-state index in [1.54, 1.807) is 19.2 Å². The fourth-order valence-electron chi connectivity index (χ4n) is 2.35. The number of benzene rings is 1. The van der Waals surface area contributed by atoms with E-state index in [4.69, 9.17) is 0 Å². The Morgan fingerprint density at radius 2 is 1.78 bits per heavy atom. The minimum Gasteiger partial charge on any atom is -0.311 e. The van der Waals surface area contributed by atoms with E-state index in [1.165, 1.54) is 4.90 Å². The van der Waals surface area contributed by atoms with Crippen molar-refractivity contribution in [3.05, 3.63) is 77.6 Å². The van der Waals surface area contributed by atoms with E-state index in [0.717, 1.165) is 29.4 Å². The normalized spacial score (nSPS) is 15.7. The molecule has 1 aromatic carbocycles. The van der Waals surface area contributed by atoms with Gasteiger partial charge in [0.1, 0.15) is 0 Å². The number of allylic oxidation sites excluding steroid dienone is 6. The Labute approximate surface area is 133 Å². The summed E-state index contributed by atoms with van der Waals surface area (Å²) in [5.41, 5.74) is 5.60. The molecule has 2 aliphatic carbocycles. The summed E-state index contributed by atoms with van der Waals surface area (Å²) >= 11 is 0. The summed E-state index contributed by atoms with van der Waals surface area (Å²) in [6.07, 6.45) is 9.05. The quantitative estimate of drug-likeness (QED) is 0.489. The molecule has 0 atom stereocenters. The van der Waals surface area contributed by atoms with E-state index >= 15 is 0 Å². The van der Waals surface area contributed by atoms with Crippen molar-refractivity contribution >= 4 is 28.7 Å². The molecule has 0 aliphatic heterocycles. The summed E-state index contributed by atoms with van der Waals surface area (Å²) < 4.78 is 0. The van der Waals surface area contributed by atoms with E-state index in [0.29, 0.717) is 5.69 Å². The molecule has 0 saturated heterocycles. The Morgan fingerprint density at radius 3 is 2.43 bits per heavy atom. The highest BCUT2D eigenvalue weighted by atomic mass is 16.2. The maximum absolute atomic E-state index is 12.4. The molecule has 0 heterocycles. The second kappa shape index (κ2) is 5.87. The first-order valence-corrected chi connectivity index (χ1v) is 7.06. The zero-order chi connectivity index (χ0) is 16.4. The topological polar surface area (TPSA) is 54.5 Å². The Hall–Kier alpha value is -3.23. The van der Waals surface area contributed by atoms with Crippen molar-refractivity contribution in [1.82, 2.24) is 0 Å². The lowest BCUT2D eigenvalue weighted by atomic mass is 10.0. The zero-order valence-electron chi connectivity index (χ0n) is 12.4. The van der Waals surface area contributed by atoms with Crippen LogP contribution in [0.25, 0.3) is 5.57 Å².